The fourth-order valence-electron chi connectivity index (χ4n) is 1.16. The topological polar surface area (TPSA) is 26.3 Å². The van der Waals surface area contributed by atoms with Gasteiger partial charge in [0, 0.05) is 5.57 Å². The van der Waals surface area contributed by atoms with Crippen LogP contribution in [0.15, 0.2) is 48.7 Å². The predicted octanol–water partition coefficient (Wildman–Crippen LogP) is 2.62. The van der Waals surface area contributed by atoms with Gasteiger partial charge < -0.3 is 4.74 Å². The summed E-state index contributed by atoms with van der Waals surface area (Å²) in [6.45, 7) is 3.57. The first-order valence-electron chi connectivity index (χ1n) is 4.48. The molecule has 0 unspecified atom stereocenters. The molecule has 0 aliphatic rings. The van der Waals surface area contributed by atoms with Gasteiger partial charge in [-0.25, -0.2) is 0 Å². The molecule has 0 atom stereocenters. The number of carbonyl (C=O) groups excluding carboxylic acids is 1. The van der Waals surface area contributed by atoms with Crippen LogP contribution in [0.5, 0.6) is 5.75 Å². The summed E-state index contributed by atoms with van der Waals surface area (Å²) in [4.78, 5) is 10.2. The van der Waals surface area contributed by atoms with E-state index in [1.165, 1.54) is 6.08 Å². The van der Waals surface area contributed by atoms with Gasteiger partial charge in [0.15, 0.2) is 0 Å². The summed E-state index contributed by atoms with van der Waals surface area (Å²) >= 11 is 0. The van der Waals surface area contributed by atoms with Crippen molar-refractivity contribution >= 4 is 11.9 Å². The minimum atomic E-state index is 0.723. The standard InChI is InChI=1S/C13H12O2/c1-3-11(5-4-10-14)12-6-8-13(15-2)9-7-12/h4-10H,1H2,2H3/b5-4+. The molecule has 0 bridgehead atoms. The van der Waals surface area contributed by atoms with Crippen molar-refractivity contribution in [2.24, 2.45) is 0 Å². The van der Waals surface area contributed by atoms with E-state index in [0.29, 0.717) is 0 Å². The Morgan fingerprint density at radius 1 is 1.40 bits per heavy atom. The van der Waals surface area contributed by atoms with Gasteiger partial charge in [0.2, 0.25) is 0 Å². The second kappa shape index (κ2) is 5.63. The van der Waals surface area contributed by atoms with Gasteiger partial charge in [-0.3, -0.25) is 4.79 Å². The molecule has 0 aliphatic heterocycles. The van der Waals surface area contributed by atoms with Crippen molar-refractivity contribution in [1.82, 2.24) is 0 Å². The van der Waals surface area contributed by atoms with E-state index >= 15 is 0 Å². The van der Waals surface area contributed by atoms with Crippen LogP contribution in [0.25, 0.3) is 5.57 Å². The number of carbonyl (C=O) groups is 1. The van der Waals surface area contributed by atoms with Gasteiger partial charge in [-0.1, -0.05) is 18.7 Å². The van der Waals surface area contributed by atoms with Crippen LogP contribution in [0, 0.1) is 0 Å². The number of aldehydes is 1. The molecule has 0 radical (unpaired) electrons. The summed E-state index contributed by atoms with van der Waals surface area (Å²) in [6, 6.07) is 7.48. The van der Waals surface area contributed by atoms with Crippen molar-refractivity contribution in [2.45, 2.75) is 0 Å². The van der Waals surface area contributed by atoms with E-state index in [9.17, 15) is 4.79 Å². The first-order valence-corrected chi connectivity index (χ1v) is 4.48. The molecular formula is C13H12O2. The van der Waals surface area contributed by atoms with Crippen molar-refractivity contribution < 1.29 is 9.53 Å². The van der Waals surface area contributed by atoms with Crippen LogP contribution < -0.4 is 4.74 Å². The Morgan fingerprint density at radius 3 is 2.53 bits per heavy atom. The average Bonchev–Trinajstić information content (AvgIpc) is 2.31. The van der Waals surface area contributed by atoms with Gasteiger partial charge in [-0.2, -0.15) is 0 Å². The number of allylic oxidation sites excluding steroid dienone is 3. The Hall–Kier alpha value is -2.05. The van der Waals surface area contributed by atoms with Crippen LogP contribution in [0.4, 0.5) is 0 Å². The molecular weight excluding hydrogens is 188 g/mol. The molecule has 76 valence electrons. The first kappa shape index (κ1) is 11.0. The molecule has 0 saturated heterocycles. The fraction of sp³-hybridized carbons (Fsp3) is 0.0769. The minimum absolute atomic E-state index is 0.723. The number of benzene rings is 1. The smallest absolute Gasteiger partial charge is 0.142 e. The second-order valence-corrected chi connectivity index (χ2v) is 2.81. The highest BCUT2D eigenvalue weighted by molar-refractivity contribution is 5.78. The van der Waals surface area contributed by atoms with Gasteiger partial charge >= 0.3 is 0 Å². The molecule has 15 heavy (non-hydrogen) atoms. The third-order valence-electron chi connectivity index (χ3n) is 1.93. The SMILES string of the molecule is C=C=C(/C=C/C=O)c1ccc(OC)cc1. The molecule has 0 fully saturated rings. The summed E-state index contributed by atoms with van der Waals surface area (Å²) in [5.74, 6) is 0.793. The molecule has 0 heterocycles. The van der Waals surface area contributed by atoms with Gasteiger partial charge in [-0.15, -0.1) is 5.73 Å². The highest BCUT2D eigenvalue weighted by atomic mass is 16.5. The summed E-state index contributed by atoms with van der Waals surface area (Å²) < 4.78 is 5.04. The Morgan fingerprint density at radius 2 is 2.07 bits per heavy atom. The lowest BCUT2D eigenvalue weighted by Gasteiger charge is -2.02. The molecule has 1 aromatic rings. The maximum Gasteiger partial charge on any atom is 0.142 e. The quantitative estimate of drug-likeness (QED) is 0.323. The fourth-order valence-corrected chi connectivity index (χ4v) is 1.16. The Bertz CT molecular complexity index is 407. The van der Waals surface area contributed by atoms with Crippen LogP contribution in [-0.2, 0) is 4.79 Å². The van der Waals surface area contributed by atoms with E-state index in [1.54, 1.807) is 13.2 Å². The van der Waals surface area contributed by atoms with E-state index in [0.717, 1.165) is 23.2 Å². The lowest BCUT2D eigenvalue weighted by molar-refractivity contribution is -0.104. The number of methoxy groups -OCH3 is 1. The summed E-state index contributed by atoms with van der Waals surface area (Å²) in [7, 11) is 1.62. The zero-order valence-electron chi connectivity index (χ0n) is 8.57. The largest absolute Gasteiger partial charge is 0.497 e. The zero-order chi connectivity index (χ0) is 11.1. The van der Waals surface area contributed by atoms with E-state index in [4.69, 9.17) is 4.74 Å². The van der Waals surface area contributed by atoms with Crippen molar-refractivity contribution in [3.8, 4) is 5.75 Å². The molecule has 2 heteroatoms. The summed E-state index contributed by atoms with van der Waals surface area (Å²) in [5.41, 5.74) is 4.50. The zero-order valence-corrected chi connectivity index (χ0v) is 8.57. The molecule has 0 spiro atoms. The van der Waals surface area contributed by atoms with Gasteiger partial charge in [0.05, 0.1) is 7.11 Å². The monoisotopic (exact) mass is 200 g/mol. The van der Waals surface area contributed by atoms with Gasteiger partial charge in [-0.05, 0) is 29.8 Å². The van der Waals surface area contributed by atoms with Crippen molar-refractivity contribution in [1.29, 1.82) is 0 Å². The van der Waals surface area contributed by atoms with Crippen LogP contribution in [0.2, 0.25) is 0 Å². The number of rotatable bonds is 4. The van der Waals surface area contributed by atoms with E-state index < -0.39 is 0 Å². The summed E-state index contributed by atoms with van der Waals surface area (Å²) in [5, 5.41) is 0. The van der Waals surface area contributed by atoms with E-state index in [2.05, 4.69) is 12.3 Å². The van der Waals surface area contributed by atoms with Crippen LogP contribution in [-0.4, -0.2) is 13.4 Å². The summed E-state index contributed by atoms with van der Waals surface area (Å²) in [6.07, 6.45) is 3.81. The lowest BCUT2D eigenvalue weighted by Crippen LogP contribution is -1.84. The van der Waals surface area contributed by atoms with Crippen molar-refractivity contribution in [3.63, 3.8) is 0 Å². The molecule has 0 N–H and O–H groups in total. The number of ether oxygens (including phenoxy) is 1. The maximum atomic E-state index is 10.2. The van der Waals surface area contributed by atoms with E-state index in [-0.39, 0.29) is 0 Å². The van der Waals surface area contributed by atoms with Crippen LogP contribution in [0.1, 0.15) is 5.56 Å². The number of hydrogen-bond donors (Lipinski definition) is 0. The lowest BCUT2D eigenvalue weighted by atomic mass is 10.1. The Kier molecular flexibility index (Phi) is 4.14. The highest BCUT2D eigenvalue weighted by Crippen LogP contribution is 2.18. The van der Waals surface area contributed by atoms with E-state index in [1.807, 2.05) is 24.3 Å². The average molecular weight is 200 g/mol. The number of hydrogen-bond acceptors (Lipinski definition) is 2. The van der Waals surface area contributed by atoms with Crippen molar-refractivity contribution in [3.05, 3.63) is 54.3 Å². The molecule has 1 rings (SSSR count). The first-order chi connectivity index (χ1) is 7.31. The minimum Gasteiger partial charge on any atom is -0.497 e. The highest BCUT2D eigenvalue weighted by Gasteiger charge is 1.97. The maximum absolute atomic E-state index is 10.2. The molecule has 0 aromatic heterocycles. The van der Waals surface area contributed by atoms with Gasteiger partial charge in [0.1, 0.15) is 12.0 Å². The van der Waals surface area contributed by atoms with Crippen LogP contribution >= 0.6 is 0 Å². The Balaban J connectivity index is 2.99. The normalized spacial score (nSPS) is 9.67. The third-order valence-corrected chi connectivity index (χ3v) is 1.93. The van der Waals surface area contributed by atoms with Crippen molar-refractivity contribution in [2.75, 3.05) is 7.11 Å². The molecule has 0 amide bonds. The molecule has 0 aliphatic carbocycles. The molecule has 0 saturated carbocycles. The Labute approximate surface area is 89.2 Å². The second-order valence-electron chi connectivity index (χ2n) is 2.81. The third kappa shape index (κ3) is 2.97. The molecule has 1 aromatic carbocycles. The molecule has 2 nitrogen and oxygen atoms in total. The van der Waals surface area contributed by atoms with Gasteiger partial charge in [0.25, 0.3) is 0 Å². The predicted molar refractivity (Wildman–Crippen MR) is 60.7 cm³/mol. The van der Waals surface area contributed by atoms with Crippen LogP contribution in [0.3, 0.4) is 0 Å².